The van der Waals surface area contributed by atoms with E-state index in [1.54, 1.807) is 0 Å². The van der Waals surface area contributed by atoms with Crippen LogP contribution in [0.3, 0.4) is 0 Å². The van der Waals surface area contributed by atoms with Gasteiger partial charge in [-0.05, 0) is 40.5 Å². The molecule has 1 rings (SSSR count). The molecular weight excluding hydrogens is 199 g/mol. The highest BCUT2D eigenvalue weighted by molar-refractivity contribution is 6.51. The average Bonchev–Trinajstić information content (AvgIpc) is 2.35. The van der Waals surface area contributed by atoms with Gasteiger partial charge in [0.1, 0.15) is 0 Å². The minimum atomic E-state index is -0.217. The fraction of sp³-hybridized carbons (Fsp3) is 0.846. The Bertz CT molecular complexity index is 230. The van der Waals surface area contributed by atoms with Crippen molar-refractivity contribution >= 4 is 7.12 Å². The Morgan fingerprint density at radius 1 is 1.00 bits per heavy atom. The highest BCUT2D eigenvalue weighted by Crippen LogP contribution is 2.36. The highest BCUT2D eigenvalue weighted by Gasteiger charge is 2.49. The molecule has 1 fully saturated rings. The van der Waals surface area contributed by atoms with Crippen molar-refractivity contribution in [1.82, 2.24) is 0 Å². The van der Waals surface area contributed by atoms with E-state index >= 15 is 0 Å². The van der Waals surface area contributed by atoms with Crippen LogP contribution in [0.15, 0.2) is 12.1 Å². The Morgan fingerprint density at radius 2 is 1.56 bits per heavy atom. The number of unbranched alkanes of at least 4 members (excludes halogenated alkanes) is 3. The molecule has 2 nitrogen and oxygen atoms in total. The van der Waals surface area contributed by atoms with E-state index in [0.29, 0.717) is 0 Å². The molecule has 0 aromatic heterocycles. The third kappa shape index (κ3) is 3.36. The third-order valence-electron chi connectivity index (χ3n) is 3.54. The van der Waals surface area contributed by atoms with E-state index in [1.165, 1.54) is 19.3 Å². The number of allylic oxidation sites excluding steroid dienone is 1. The van der Waals surface area contributed by atoms with Crippen LogP contribution >= 0.6 is 0 Å². The average molecular weight is 224 g/mol. The van der Waals surface area contributed by atoms with Crippen LogP contribution in [0, 0.1) is 0 Å². The maximum Gasteiger partial charge on any atom is 0.486 e. The third-order valence-corrected chi connectivity index (χ3v) is 3.54. The molecule has 0 amide bonds. The van der Waals surface area contributed by atoms with Crippen molar-refractivity contribution < 1.29 is 9.31 Å². The normalized spacial score (nSPS) is 23.2. The molecule has 0 saturated carbocycles. The van der Waals surface area contributed by atoms with E-state index in [1.807, 2.05) is 5.98 Å². The molecule has 0 atom stereocenters. The summed E-state index contributed by atoms with van der Waals surface area (Å²) in [5.74, 6) is 2.05. The Kier molecular flexibility index (Phi) is 4.63. The molecule has 0 radical (unpaired) electrons. The second kappa shape index (κ2) is 5.37. The lowest BCUT2D eigenvalue weighted by Gasteiger charge is -2.32. The zero-order valence-electron chi connectivity index (χ0n) is 11.4. The van der Waals surface area contributed by atoms with Crippen molar-refractivity contribution in [2.75, 3.05) is 0 Å². The number of hydrogen-bond acceptors (Lipinski definition) is 2. The van der Waals surface area contributed by atoms with Gasteiger partial charge in [0.2, 0.25) is 0 Å². The summed E-state index contributed by atoms with van der Waals surface area (Å²) in [5.41, 5.74) is -0.434. The Labute approximate surface area is 101 Å². The van der Waals surface area contributed by atoms with E-state index in [9.17, 15) is 0 Å². The monoisotopic (exact) mass is 224 g/mol. The molecule has 92 valence electrons. The number of hydrogen-bond donors (Lipinski definition) is 0. The van der Waals surface area contributed by atoms with E-state index in [0.717, 1.165) is 6.42 Å². The van der Waals surface area contributed by atoms with Crippen LogP contribution < -0.4 is 0 Å². The largest absolute Gasteiger partial charge is 0.486 e. The summed E-state index contributed by atoms with van der Waals surface area (Å²) in [7, 11) is -0.174. The van der Waals surface area contributed by atoms with Crippen LogP contribution in [0.2, 0.25) is 0 Å². The highest BCUT2D eigenvalue weighted by atomic mass is 16.7. The Hall–Kier alpha value is -0.275. The van der Waals surface area contributed by atoms with Gasteiger partial charge in [-0.15, -0.1) is 0 Å². The van der Waals surface area contributed by atoms with Crippen molar-refractivity contribution in [2.45, 2.75) is 71.5 Å². The lowest BCUT2D eigenvalue weighted by Crippen LogP contribution is -2.41. The maximum atomic E-state index is 5.86. The number of rotatable bonds is 5. The van der Waals surface area contributed by atoms with Crippen LogP contribution in [0.5, 0.6) is 0 Å². The summed E-state index contributed by atoms with van der Waals surface area (Å²) >= 11 is 0. The molecule has 3 heteroatoms. The first-order chi connectivity index (χ1) is 7.39. The second-order valence-corrected chi connectivity index (χ2v) is 5.55. The standard InChI is InChI=1S/C13H25BO2/c1-6-7-8-9-10-11-14-15-12(2,3)13(4,5)16-14/h10-11H,6-9H2,1-5H3/b11-10+. The lowest BCUT2D eigenvalue weighted by molar-refractivity contribution is 0.00578. The minimum Gasteiger partial charge on any atom is -0.400 e. The fourth-order valence-electron chi connectivity index (χ4n) is 1.69. The van der Waals surface area contributed by atoms with Crippen LogP contribution in [0.4, 0.5) is 0 Å². The molecule has 16 heavy (non-hydrogen) atoms. The molecule has 0 spiro atoms. The Morgan fingerprint density at radius 3 is 2.06 bits per heavy atom. The van der Waals surface area contributed by atoms with Crippen LogP contribution in [-0.4, -0.2) is 18.3 Å². The first-order valence-corrected chi connectivity index (χ1v) is 6.41. The quantitative estimate of drug-likeness (QED) is 0.523. The summed E-state index contributed by atoms with van der Waals surface area (Å²) in [6.07, 6.45) is 7.13. The maximum absolute atomic E-state index is 5.86. The molecule has 0 N–H and O–H groups in total. The second-order valence-electron chi connectivity index (χ2n) is 5.55. The van der Waals surface area contributed by atoms with Crippen LogP contribution in [0.25, 0.3) is 0 Å². The summed E-state index contributed by atoms with van der Waals surface area (Å²) in [6.45, 7) is 10.5. The summed E-state index contributed by atoms with van der Waals surface area (Å²) in [5, 5.41) is 0. The van der Waals surface area contributed by atoms with E-state index in [2.05, 4.69) is 40.7 Å². The molecule has 0 aliphatic carbocycles. The van der Waals surface area contributed by atoms with Crippen molar-refractivity contribution in [3.63, 3.8) is 0 Å². The van der Waals surface area contributed by atoms with Gasteiger partial charge < -0.3 is 9.31 Å². The molecule has 1 aliphatic rings. The SMILES string of the molecule is CCCCC/C=C/B1OC(C)(C)C(C)(C)O1. The van der Waals surface area contributed by atoms with Crippen LogP contribution in [-0.2, 0) is 9.31 Å². The molecule has 1 aliphatic heterocycles. The fourth-order valence-corrected chi connectivity index (χ4v) is 1.69. The topological polar surface area (TPSA) is 18.5 Å². The molecule has 0 bridgehead atoms. The molecule has 0 unspecified atom stereocenters. The van der Waals surface area contributed by atoms with Gasteiger partial charge in [-0.1, -0.05) is 31.8 Å². The predicted octanol–water partition coefficient (Wildman–Crippen LogP) is 3.75. The van der Waals surface area contributed by atoms with Gasteiger partial charge in [0.05, 0.1) is 11.2 Å². The van der Waals surface area contributed by atoms with Gasteiger partial charge in [-0.25, -0.2) is 0 Å². The van der Waals surface area contributed by atoms with Crippen LogP contribution in [0.1, 0.15) is 60.3 Å². The van der Waals surface area contributed by atoms with Gasteiger partial charge >= 0.3 is 7.12 Å². The van der Waals surface area contributed by atoms with E-state index in [-0.39, 0.29) is 18.3 Å². The lowest BCUT2D eigenvalue weighted by atomic mass is 9.89. The van der Waals surface area contributed by atoms with Gasteiger partial charge in [-0.3, -0.25) is 0 Å². The first kappa shape index (κ1) is 13.8. The molecule has 1 saturated heterocycles. The molecule has 0 aromatic carbocycles. The van der Waals surface area contributed by atoms with Gasteiger partial charge in [0.25, 0.3) is 0 Å². The summed E-state index contributed by atoms with van der Waals surface area (Å²) in [6, 6.07) is 0. The van der Waals surface area contributed by atoms with Gasteiger partial charge in [0.15, 0.2) is 0 Å². The zero-order valence-corrected chi connectivity index (χ0v) is 11.4. The van der Waals surface area contributed by atoms with Gasteiger partial charge in [-0.2, -0.15) is 0 Å². The predicted molar refractivity (Wildman–Crippen MR) is 69.4 cm³/mol. The molecule has 0 aromatic rings. The minimum absolute atomic E-state index is 0.174. The van der Waals surface area contributed by atoms with E-state index in [4.69, 9.17) is 9.31 Å². The summed E-state index contributed by atoms with van der Waals surface area (Å²) in [4.78, 5) is 0. The van der Waals surface area contributed by atoms with Crippen molar-refractivity contribution in [3.8, 4) is 0 Å². The van der Waals surface area contributed by atoms with Crippen molar-refractivity contribution in [2.24, 2.45) is 0 Å². The Balaban J connectivity index is 2.36. The first-order valence-electron chi connectivity index (χ1n) is 6.41. The zero-order chi connectivity index (χ0) is 12.2. The van der Waals surface area contributed by atoms with E-state index < -0.39 is 0 Å². The van der Waals surface area contributed by atoms with Gasteiger partial charge in [0, 0.05) is 0 Å². The molecular formula is C13H25BO2. The smallest absolute Gasteiger partial charge is 0.400 e. The van der Waals surface area contributed by atoms with Crippen molar-refractivity contribution in [1.29, 1.82) is 0 Å². The molecule has 1 heterocycles. The van der Waals surface area contributed by atoms with Crippen molar-refractivity contribution in [3.05, 3.63) is 12.1 Å². The summed E-state index contributed by atoms with van der Waals surface area (Å²) < 4.78 is 11.7.